The zero-order valence-electron chi connectivity index (χ0n) is 13.0. The topological polar surface area (TPSA) is 82.3 Å². The number of hydrogen-bond donors (Lipinski definition) is 2. The lowest BCUT2D eigenvalue weighted by atomic mass is 10.1. The quantitative estimate of drug-likeness (QED) is 0.831. The molecule has 0 spiro atoms. The number of carbonyl (C=O) groups is 2. The third kappa shape index (κ3) is 3.79. The van der Waals surface area contributed by atoms with Crippen LogP contribution in [0.15, 0.2) is 33.7 Å². The van der Waals surface area contributed by atoms with E-state index >= 15 is 0 Å². The molecule has 0 aliphatic heterocycles. The average molecular weight is 380 g/mol. The molecule has 23 heavy (non-hydrogen) atoms. The molecule has 0 bridgehead atoms. The number of nitrogens with one attached hydrogen (secondary N) is 2. The van der Waals surface area contributed by atoms with E-state index in [2.05, 4.69) is 26.2 Å². The Morgan fingerprint density at radius 1 is 1.30 bits per heavy atom. The molecule has 0 saturated carbocycles. The van der Waals surface area contributed by atoms with Gasteiger partial charge in [-0.25, -0.2) is 0 Å². The van der Waals surface area contributed by atoms with Gasteiger partial charge in [0.25, 0.3) is 5.91 Å². The number of carbonyl (C=O) groups excluding carboxylic acids is 2. The molecule has 2 rings (SSSR count). The number of aromatic nitrogens is 1. The van der Waals surface area contributed by atoms with Crippen molar-refractivity contribution in [2.24, 2.45) is 0 Å². The molecule has 2 aromatic rings. The highest BCUT2D eigenvalue weighted by molar-refractivity contribution is 9.10. The third-order valence-electron chi connectivity index (χ3n) is 3.45. The molecule has 1 aromatic heterocycles. The maximum Gasteiger partial charge on any atom is 0.259 e. The molecule has 2 amide bonds. The van der Waals surface area contributed by atoms with Crippen LogP contribution >= 0.6 is 15.9 Å². The lowest BCUT2D eigenvalue weighted by Gasteiger charge is -2.20. The minimum atomic E-state index is -0.457. The molecule has 0 fully saturated rings. The Morgan fingerprint density at radius 3 is 2.70 bits per heavy atom. The summed E-state index contributed by atoms with van der Waals surface area (Å²) in [4.78, 5) is 41.1. The van der Waals surface area contributed by atoms with Gasteiger partial charge in [-0.15, -0.1) is 0 Å². The van der Waals surface area contributed by atoms with E-state index in [9.17, 15) is 14.4 Å². The summed E-state index contributed by atoms with van der Waals surface area (Å²) >= 11 is 3.32. The van der Waals surface area contributed by atoms with Crippen LogP contribution in [0.2, 0.25) is 0 Å². The molecular formula is C16H18BrN3O3. The predicted molar refractivity (Wildman–Crippen MR) is 92.5 cm³/mol. The van der Waals surface area contributed by atoms with E-state index in [1.165, 1.54) is 11.1 Å². The number of nitrogens with zero attached hydrogens (tertiary/aromatic N) is 1. The summed E-state index contributed by atoms with van der Waals surface area (Å²) in [6, 6.07) is 5.25. The molecule has 0 aliphatic carbocycles. The van der Waals surface area contributed by atoms with Gasteiger partial charge in [0.2, 0.25) is 11.3 Å². The van der Waals surface area contributed by atoms with Gasteiger partial charge >= 0.3 is 0 Å². The number of aromatic amines is 1. The van der Waals surface area contributed by atoms with Crippen LogP contribution in [-0.4, -0.2) is 41.3 Å². The fraction of sp³-hybridized carbons (Fsp3) is 0.312. The van der Waals surface area contributed by atoms with Crippen molar-refractivity contribution in [1.82, 2.24) is 15.2 Å². The summed E-state index contributed by atoms with van der Waals surface area (Å²) < 4.78 is 0.759. The molecular weight excluding hydrogens is 362 g/mol. The van der Waals surface area contributed by atoms with E-state index < -0.39 is 5.91 Å². The first-order valence-corrected chi connectivity index (χ1v) is 8.14. The predicted octanol–water partition coefficient (Wildman–Crippen LogP) is 1.89. The Labute approximate surface area is 142 Å². The van der Waals surface area contributed by atoms with Crippen molar-refractivity contribution in [2.75, 3.05) is 19.6 Å². The molecule has 0 aliphatic rings. The maximum absolute atomic E-state index is 12.6. The average Bonchev–Trinajstić information content (AvgIpc) is 2.53. The monoisotopic (exact) mass is 379 g/mol. The van der Waals surface area contributed by atoms with Gasteiger partial charge in [0.05, 0.1) is 6.54 Å². The van der Waals surface area contributed by atoms with Gasteiger partial charge in [-0.3, -0.25) is 14.4 Å². The van der Waals surface area contributed by atoms with Gasteiger partial charge in [-0.05, 0) is 32.0 Å². The first kappa shape index (κ1) is 17.2. The van der Waals surface area contributed by atoms with Crippen LogP contribution < -0.4 is 10.7 Å². The fourth-order valence-electron chi connectivity index (χ4n) is 2.27. The Hall–Kier alpha value is -2.15. The van der Waals surface area contributed by atoms with Crippen LogP contribution in [0.4, 0.5) is 0 Å². The molecule has 6 nitrogen and oxygen atoms in total. The van der Waals surface area contributed by atoms with Gasteiger partial charge in [0.15, 0.2) is 0 Å². The van der Waals surface area contributed by atoms with Crippen molar-refractivity contribution in [3.63, 3.8) is 0 Å². The Kier molecular flexibility index (Phi) is 5.54. The third-order valence-corrected chi connectivity index (χ3v) is 3.94. The van der Waals surface area contributed by atoms with Crippen molar-refractivity contribution >= 4 is 38.6 Å². The van der Waals surface area contributed by atoms with Crippen molar-refractivity contribution < 1.29 is 9.59 Å². The number of halogens is 1. The number of likely N-dealkylation sites (N-methyl/N-ethyl adjacent to an activating group) is 2. The summed E-state index contributed by atoms with van der Waals surface area (Å²) in [5, 5.41) is 3.07. The van der Waals surface area contributed by atoms with Gasteiger partial charge in [0, 0.05) is 34.7 Å². The minimum Gasteiger partial charge on any atom is -0.360 e. The smallest absolute Gasteiger partial charge is 0.259 e. The second-order valence-electron chi connectivity index (χ2n) is 4.99. The molecule has 1 aromatic carbocycles. The van der Waals surface area contributed by atoms with Gasteiger partial charge in [-0.1, -0.05) is 15.9 Å². The number of fused-ring (bicyclic) bond motifs is 1. The van der Waals surface area contributed by atoms with E-state index in [4.69, 9.17) is 0 Å². The largest absolute Gasteiger partial charge is 0.360 e. The summed E-state index contributed by atoms with van der Waals surface area (Å²) in [7, 11) is 0. The van der Waals surface area contributed by atoms with E-state index in [-0.39, 0.29) is 23.4 Å². The molecule has 7 heteroatoms. The number of benzene rings is 1. The summed E-state index contributed by atoms with van der Waals surface area (Å²) in [5.74, 6) is -0.704. The van der Waals surface area contributed by atoms with Gasteiger partial charge < -0.3 is 15.2 Å². The first-order valence-electron chi connectivity index (χ1n) is 7.34. The van der Waals surface area contributed by atoms with Crippen LogP contribution in [0.25, 0.3) is 10.9 Å². The highest BCUT2D eigenvalue weighted by Crippen LogP contribution is 2.16. The number of amides is 2. The minimum absolute atomic E-state index is 0.0294. The van der Waals surface area contributed by atoms with Crippen molar-refractivity contribution in [2.45, 2.75) is 13.8 Å². The van der Waals surface area contributed by atoms with E-state index in [0.717, 1.165) is 4.47 Å². The van der Waals surface area contributed by atoms with Crippen LogP contribution in [0.5, 0.6) is 0 Å². The Morgan fingerprint density at radius 2 is 2.04 bits per heavy atom. The second kappa shape index (κ2) is 7.41. The van der Waals surface area contributed by atoms with Crippen molar-refractivity contribution in [3.05, 3.63) is 44.7 Å². The van der Waals surface area contributed by atoms with Crippen LogP contribution in [0.1, 0.15) is 24.2 Å². The number of hydrogen-bond acceptors (Lipinski definition) is 3. The van der Waals surface area contributed by atoms with Crippen LogP contribution in [0, 0.1) is 0 Å². The van der Waals surface area contributed by atoms with Crippen LogP contribution in [0.3, 0.4) is 0 Å². The lowest BCUT2D eigenvalue weighted by Crippen LogP contribution is -2.42. The molecule has 122 valence electrons. The molecule has 2 N–H and O–H groups in total. The molecule has 0 saturated heterocycles. The lowest BCUT2D eigenvalue weighted by molar-refractivity contribution is -0.121. The zero-order valence-corrected chi connectivity index (χ0v) is 14.6. The Bertz CT molecular complexity index is 801. The summed E-state index contributed by atoms with van der Waals surface area (Å²) in [6.45, 7) is 4.34. The highest BCUT2D eigenvalue weighted by Gasteiger charge is 2.20. The fourth-order valence-corrected chi connectivity index (χ4v) is 2.63. The van der Waals surface area contributed by atoms with E-state index in [1.807, 2.05) is 13.0 Å². The standard InChI is InChI=1S/C16H18BrN3O3/c1-3-18-14(21)9-20(4-2)16(23)12-8-19-13-6-5-10(17)7-11(13)15(12)22/h5-8H,3-4,9H2,1-2H3,(H,18,21)(H,19,22). The zero-order chi connectivity index (χ0) is 17.0. The molecule has 1 heterocycles. The summed E-state index contributed by atoms with van der Waals surface area (Å²) in [5.41, 5.74) is 0.336. The number of pyridine rings is 1. The first-order chi connectivity index (χ1) is 11.0. The maximum atomic E-state index is 12.6. The van der Waals surface area contributed by atoms with Crippen molar-refractivity contribution in [3.8, 4) is 0 Å². The number of H-pyrrole nitrogens is 1. The van der Waals surface area contributed by atoms with E-state index in [0.29, 0.717) is 24.0 Å². The number of rotatable bonds is 5. The SMILES string of the molecule is CCNC(=O)CN(CC)C(=O)c1c[nH]c2ccc(Br)cc2c1=O. The van der Waals surface area contributed by atoms with Crippen LogP contribution in [-0.2, 0) is 4.79 Å². The summed E-state index contributed by atoms with van der Waals surface area (Å²) in [6.07, 6.45) is 1.40. The molecule has 0 unspecified atom stereocenters. The molecule has 0 atom stereocenters. The van der Waals surface area contributed by atoms with Crippen molar-refractivity contribution in [1.29, 1.82) is 0 Å². The normalized spacial score (nSPS) is 10.6. The van der Waals surface area contributed by atoms with Gasteiger partial charge in [0.1, 0.15) is 5.56 Å². The molecule has 0 radical (unpaired) electrons. The van der Waals surface area contributed by atoms with E-state index in [1.54, 1.807) is 19.1 Å². The van der Waals surface area contributed by atoms with Gasteiger partial charge in [-0.2, -0.15) is 0 Å². The second-order valence-corrected chi connectivity index (χ2v) is 5.91. The Balaban J connectivity index is 2.38. The highest BCUT2D eigenvalue weighted by atomic mass is 79.9.